The highest BCUT2D eigenvalue weighted by Gasteiger charge is 2.56. The van der Waals surface area contributed by atoms with Gasteiger partial charge in [0.1, 0.15) is 0 Å². The summed E-state index contributed by atoms with van der Waals surface area (Å²) in [4.78, 5) is 36.8. The summed E-state index contributed by atoms with van der Waals surface area (Å²) in [5.41, 5.74) is 4.10. The van der Waals surface area contributed by atoms with Crippen molar-refractivity contribution in [2.45, 2.75) is 33.6 Å². The van der Waals surface area contributed by atoms with E-state index in [2.05, 4.69) is 17.3 Å². The van der Waals surface area contributed by atoms with E-state index in [4.69, 9.17) is 0 Å². The Labute approximate surface area is 185 Å². The number of imide groups is 1. The third-order valence-corrected chi connectivity index (χ3v) is 7.16. The summed E-state index contributed by atoms with van der Waals surface area (Å²) in [6, 6.07) is 6.67. The fourth-order valence-corrected chi connectivity index (χ4v) is 5.53. The molecule has 1 saturated heterocycles. The second-order valence-electron chi connectivity index (χ2n) is 8.96. The van der Waals surface area contributed by atoms with Crippen LogP contribution in [0.5, 0.6) is 0 Å². The molecule has 6 rings (SSSR count). The van der Waals surface area contributed by atoms with Gasteiger partial charge in [-0.3, -0.25) is 19.7 Å². The van der Waals surface area contributed by atoms with E-state index in [0.717, 1.165) is 46.1 Å². The molecule has 2 aromatic rings. The van der Waals surface area contributed by atoms with Crippen molar-refractivity contribution in [1.29, 1.82) is 0 Å². The zero-order valence-corrected chi connectivity index (χ0v) is 18.2. The fraction of sp³-hybridized carbons (Fsp3) is 0.375. The number of hydrogen-bond acceptors (Lipinski definition) is 5. The van der Waals surface area contributed by atoms with Crippen LogP contribution < -0.4 is 0 Å². The summed E-state index contributed by atoms with van der Waals surface area (Å²) < 4.78 is 1.93. The summed E-state index contributed by atoms with van der Waals surface area (Å²) in [5, 5.41) is 16.6. The van der Waals surface area contributed by atoms with Gasteiger partial charge in [0.15, 0.2) is 0 Å². The quantitative estimate of drug-likeness (QED) is 0.241. The Bertz CT molecular complexity index is 1190. The van der Waals surface area contributed by atoms with E-state index in [0.29, 0.717) is 0 Å². The van der Waals surface area contributed by atoms with Crippen molar-refractivity contribution in [3.05, 3.63) is 69.0 Å². The number of aromatic nitrogens is 1. The average Bonchev–Trinajstić information content (AvgIpc) is 3.21. The number of hydrogen-bond donors (Lipinski definition) is 0. The zero-order valence-electron chi connectivity index (χ0n) is 18.2. The van der Waals surface area contributed by atoms with Gasteiger partial charge in [-0.1, -0.05) is 18.2 Å². The first-order valence-corrected chi connectivity index (χ1v) is 10.8. The number of aryl methyl sites for hydroxylation is 2. The van der Waals surface area contributed by atoms with Crippen molar-refractivity contribution in [3.8, 4) is 5.69 Å². The number of carbonyl (C=O) groups excluding carboxylic acids is 2. The molecule has 164 valence electrons. The molecule has 1 aromatic carbocycles. The molecule has 4 atom stereocenters. The lowest BCUT2D eigenvalue weighted by Crippen LogP contribution is -2.38. The normalized spacial score (nSPS) is 26.4. The number of nitro groups is 1. The van der Waals surface area contributed by atoms with Crippen LogP contribution in [0, 0.1) is 54.6 Å². The number of hydrazone groups is 1. The van der Waals surface area contributed by atoms with Crippen molar-refractivity contribution in [1.82, 2.24) is 9.58 Å². The van der Waals surface area contributed by atoms with Crippen LogP contribution in [0.3, 0.4) is 0 Å². The predicted octanol–water partition coefficient (Wildman–Crippen LogP) is 3.84. The third kappa shape index (κ3) is 2.93. The second kappa shape index (κ2) is 7.25. The number of non-ortho nitro benzene ring substituents is 1. The van der Waals surface area contributed by atoms with Gasteiger partial charge in [-0.05, 0) is 57.1 Å². The van der Waals surface area contributed by atoms with Crippen LogP contribution in [0.2, 0.25) is 0 Å². The number of nitrogens with zero attached hydrogens (tertiary/aromatic N) is 4. The van der Waals surface area contributed by atoms with E-state index >= 15 is 0 Å². The molecular weight excluding hydrogens is 408 g/mol. The summed E-state index contributed by atoms with van der Waals surface area (Å²) in [6.07, 6.45) is 7.62. The molecule has 1 aromatic heterocycles. The van der Waals surface area contributed by atoms with Gasteiger partial charge in [-0.25, -0.2) is 0 Å². The number of rotatable bonds is 4. The van der Waals surface area contributed by atoms with Gasteiger partial charge in [0.25, 0.3) is 17.5 Å². The van der Waals surface area contributed by atoms with Gasteiger partial charge in [0.05, 0.1) is 28.7 Å². The first-order chi connectivity index (χ1) is 15.3. The molecule has 8 heteroatoms. The Balaban J connectivity index is 1.47. The van der Waals surface area contributed by atoms with Crippen molar-refractivity contribution in [3.63, 3.8) is 0 Å². The number of fused-ring (bicyclic) bond motifs is 1. The molecule has 1 saturated carbocycles. The highest BCUT2D eigenvalue weighted by molar-refractivity contribution is 6.06. The first-order valence-electron chi connectivity index (χ1n) is 10.8. The van der Waals surface area contributed by atoms with E-state index in [-0.39, 0.29) is 41.2 Å². The minimum Gasteiger partial charge on any atom is -0.317 e. The molecule has 2 fully saturated rings. The van der Waals surface area contributed by atoms with Crippen molar-refractivity contribution < 1.29 is 14.5 Å². The number of carbonyl (C=O) groups is 2. The molecule has 32 heavy (non-hydrogen) atoms. The summed E-state index contributed by atoms with van der Waals surface area (Å²) >= 11 is 0. The monoisotopic (exact) mass is 432 g/mol. The second-order valence-corrected chi connectivity index (χ2v) is 8.96. The van der Waals surface area contributed by atoms with Crippen LogP contribution in [-0.2, 0) is 9.59 Å². The van der Waals surface area contributed by atoms with Gasteiger partial charge in [-0.15, -0.1) is 0 Å². The molecule has 2 amide bonds. The average molecular weight is 432 g/mol. The largest absolute Gasteiger partial charge is 0.317 e. The highest BCUT2D eigenvalue weighted by Crippen LogP contribution is 2.49. The van der Waals surface area contributed by atoms with Gasteiger partial charge in [-0.2, -0.15) is 10.1 Å². The zero-order chi connectivity index (χ0) is 22.7. The van der Waals surface area contributed by atoms with E-state index in [1.165, 1.54) is 6.07 Å². The first kappa shape index (κ1) is 20.4. The topological polar surface area (TPSA) is 97.8 Å². The molecule has 1 aliphatic heterocycles. The summed E-state index contributed by atoms with van der Waals surface area (Å²) in [7, 11) is 0. The Morgan fingerprint density at radius 3 is 2.22 bits per heavy atom. The molecule has 8 nitrogen and oxygen atoms in total. The minimum absolute atomic E-state index is 0.0208. The molecule has 0 N–H and O–H groups in total. The van der Waals surface area contributed by atoms with Crippen molar-refractivity contribution >= 4 is 23.7 Å². The number of amides is 2. The summed E-state index contributed by atoms with van der Waals surface area (Å²) in [6.45, 7) is 5.70. The SMILES string of the molecule is Cc1ccc([N+](=O)[O-])cc1-n1c(C)cc(/C=N\N2C(=O)[C@@H]3[C@H](C2=O)[C@H]2C=C[C@H]3CC2)c1C. The van der Waals surface area contributed by atoms with E-state index < -0.39 is 4.92 Å². The Kier molecular flexibility index (Phi) is 4.62. The molecule has 4 aliphatic rings. The maximum Gasteiger partial charge on any atom is 0.271 e. The van der Waals surface area contributed by atoms with Crippen LogP contribution in [0.1, 0.15) is 35.4 Å². The third-order valence-electron chi connectivity index (χ3n) is 7.16. The number of allylic oxidation sites excluding steroid dienone is 2. The van der Waals surface area contributed by atoms with E-state index in [1.54, 1.807) is 18.3 Å². The van der Waals surface area contributed by atoms with Gasteiger partial charge in [0.2, 0.25) is 0 Å². The lowest BCUT2D eigenvalue weighted by molar-refractivity contribution is -0.384. The minimum atomic E-state index is -0.411. The number of benzene rings is 1. The molecule has 2 heterocycles. The maximum absolute atomic E-state index is 13.0. The molecular formula is C24H24N4O4. The van der Waals surface area contributed by atoms with Crippen LogP contribution in [-0.4, -0.2) is 32.5 Å². The smallest absolute Gasteiger partial charge is 0.271 e. The van der Waals surface area contributed by atoms with Crippen LogP contribution >= 0.6 is 0 Å². The van der Waals surface area contributed by atoms with Crippen LogP contribution in [0.4, 0.5) is 5.69 Å². The van der Waals surface area contributed by atoms with Crippen molar-refractivity contribution in [2.75, 3.05) is 0 Å². The Hall–Kier alpha value is -3.55. The van der Waals surface area contributed by atoms with Gasteiger partial charge in [0, 0.05) is 29.1 Å². The fourth-order valence-electron chi connectivity index (χ4n) is 5.53. The van der Waals surface area contributed by atoms with Crippen LogP contribution in [0.15, 0.2) is 41.5 Å². The van der Waals surface area contributed by atoms with Crippen LogP contribution in [0.25, 0.3) is 5.69 Å². The lowest BCUT2D eigenvalue weighted by Gasteiger charge is -2.37. The van der Waals surface area contributed by atoms with Gasteiger partial charge < -0.3 is 4.57 Å². The van der Waals surface area contributed by atoms with E-state index in [9.17, 15) is 19.7 Å². The molecule has 0 spiro atoms. The predicted molar refractivity (Wildman–Crippen MR) is 118 cm³/mol. The maximum atomic E-state index is 13.0. The Morgan fingerprint density at radius 2 is 1.66 bits per heavy atom. The van der Waals surface area contributed by atoms with Crippen molar-refractivity contribution in [2.24, 2.45) is 28.8 Å². The standard InChI is InChI=1S/C24H24N4O4/c1-13-4-9-19(28(31)32)11-20(13)26-14(2)10-18(15(26)3)12-25-27-23(29)21-16-5-6-17(8-7-16)22(21)24(27)30/h4-6,9-12,16-17,21-22H,7-8H2,1-3H3/b25-12-/t16-,17-,21-,22+/m0/s1. The summed E-state index contributed by atoms with van der Waals surface area (Å²) in [5.74, 6) is -0.740. The molecule has 0 radical (unpaired) electrons. The Morgan fingerprint density at radius 1 is 1.03 bits per heavy atom. The molecule has 3 aliphatic carbocycles. The molecule has 2 bridgehead atoms. The van der Waals surface area contributed by atoms with Gasteiger partial charge >= 0.3 is 0 Å². The number of nitro benzene ring substituents is 1. The molecule has 0 unspecified atom stereocenters. The van der Waals surface area contributed by atoms with E-state index in [1.807, 2.05) is 31.4 Å². The highest BCUT2D eigenvalue weighted by atomic mass is 16.6. The lowest BCUT2D eigenvalue weighted by atomic mass is 9.63.